The summed E-state index contributed by atoms with van der Waals surface area (Å²) >= 11 is 0. The van der Waals surface area contributed by atoms with E-state index in [0.717, 1.165) is 50.9 Å². The van der Waals surface area contributed by atoms with Crippen molar-refractivity contribution in [2.45, 2.75) is 58.3 Å². The van der Waals surface area contributed by atoms with Gasteiger partial charge in [0, 0.05) is 19.5 Å². The van der Waals surface area contributed by atoms with E-state index in [1.165, 1.54) is 41.4 Å². The second kappa shape index (κ2) is 11.5. The molecule has 5 heteroatoms. The van der Waals surface area contributed by atoms with E-state index in [0.29, 0.717) is 24.9 Å². The number of sulfonamides is 1. The number of allylic oxidation sites excluding steroid dienone is 2. The fraction of sp³-hybridized carbons (Fsp3) is 0.517. The average Bonchev–Trinajstić information content (AvgIpc) is 2.85. The lowest BCUT2D eigenvalue weighted by Gasteiger charge is -2.39. The summed E-state index contributed by atoms with van der Waals surface area (Å²) in [5, 5.41) is 0. The van der Waals surface area contributed by atoms with Gasteiger partial charge in [-0.2, -0.15) is 0 Å². The quantitative estimate of drug-likeness (QED) is 0.378. The molecule has 1 fully saturated rings. The van der Waals surface area contributed by atoms with Crippen LogP contribution in [0.1, 0.15) is 56.6 Å². The van der Waals surface area contributed by atoms with Crippen LogP contribution in [0.2, 0.25) is 0 Å². The predicted octanol–water partition coefficient (Wildman–Crippen LogP) is 6.22. The number of nitrogens with zero attached hydrogens (tertiary/aromatic N) is 1. The van der Waals surface area contributed by atoms with Crippen molar-refractivity contribution in [2.24, 2.45) is 11.8 Å². The van der Waals surface area contributed by atoms with E-state index >= 15 is 0 Å². The van der Waals surface area contributed by atoms with Gasteiger partial charge in [0.15, 0.2) is 0 Å². The minimum absolute atomic E-state index is 0.432. The number of ether oxygens (including phenoxy) is 1. The zero-order valence-corrected chi connectivity index (χ0v) is 21.5. The Kier molecular flexibility index (Phi) is 8.49. The highest BCUT2D eigenvalue weighted by molar-refractivity contribution is 7.88. The second-order valence-corrected chi connectivity index (χ2v) is 12.0. The van der Waals surface area contributed by atoms with Crippen molar-refractivity contribution in [2.75, 3.05) is 26.0 Å². The van der Waals surface area contributed by atoms with Crippen LogP contribution < -0.4 is 0 Å². The highest BCUT2D eigenvalue weighted by Crippen LogP contribution is 2.37. The molecule has 0 radical (unpaired) electrons. The summed E-state index contributed by atoms with van der Waals surface area (Å²) in [5.74, 6) is 2.08. The van der Waals surface area contributed by atoms with Crippen LogP contribution in [0.15, 0.2) is 60.4 Å². The van der Waals surface area contributed by atoms with E-state index in [2.05, 4.69) is 61.5 Å². The number of hydrogen-bond acceptors (Lipinski definition) is 3. The standard InChI is InChI=1S/C29H39NO3S/c1-3-4-6-23-8-12-25(13-9-23)26-14-10-24(11-15-26)7-5-20-33-29-17-16-28-22-30(34(2,31)32)19-18-27(28)21-29/h8-15,17,27-28H,3-7,16,18-22H2,1-2H3. The van der Waals surface area contributed by atoms with Crippen molar-refractivity contribution in [3.05, 3.63) is 71.5 Å². The SMILES string of the molecule is CCCCc1ccc(-c2ccc(CCCOC3=CCC4CN(S(C)(=O)=O)CCC4C3)cc2)cc1. The van der Waals surface area contributed by atoms with Crippen LogP contribution in [0, 0.1) is 11.8 Å². The number of rotatable bonds is 10. The van der Waals surface area contributed by atoms with E-state index in [9.17, 15) is 8.42 Å². The van der Waals surface area contributed by atoms with Crippen molar-refractivity contribution < 1.29 is 13.2 Å². The van der Waals surface area contributed by atoms with E-state index < -0.39 is 10.0 Å². The van der Waals surface area contributed by atoms with Gasteiger partial charge in [0.05, 0.1) is 18.6 Å². The van der Waals surface area contributed by atoms with Gasteiger partial charge in [-0.3, -0.25) is 0 Å². The van der Waals surface area contributed by atoms with Gasteiger partial charge in [0.25, 0.3) is 0 Å². The first-order valence-corrected chi connectivity index (χ1v) is 14.7. The Bertz CT molecular complexity index is 1060. The lowest BCUT2D eigenvalue weighted by atomic mass is 9.78. The topological polar surface area (TPSA) is 46.6 Å². The Hall–Kier alpha value is -2.11. The van der Waals surface area contributed by atoms with Crippen molar-refractivity contribution in [1.29, 1.82) is 0 Å². The van der Waals surface area contributed by atoms with Crippen LogP contribution in [0.4, 0.5) is 0 Å². The van der Waals surface area contributed by atoms with Crippen molar-refractivity contribution >= 4 is 10.0 Å². The molecule has 1 saturated heterocycles. The second-order valence-electron chi connectivity index (χ2n) is 9.99. The smallest absolute Gasteiger partial charge is 0.211 e. The van der Waals surface area contributed by atoms with Crippen LogP contribution in [0.3, 0.4) is 0 Å². The summed E-state index contributed by atoms with van der Waals surface area (Å²) in [6, 6.07) is 17.9. The molecule has 2 aromatic carbocycles. The Morgan fingerprint density at radius 1 is 0.912 bits per heavy atom. The van der Waals surface area contributed by atoms with Crippen LogP contribution in [-0.2, 0) is 27.6 Å². The molecular formula is C29H39NO3S. The van der Waals surface area contributed by atoms with Crippen molar-refractivity contribution in [1.82, 2.24) is 4.31 Å². The lowest BCUT2D eigenvalue weighted by molar-refractivity contribution is 0.125. The van der Waals surface area contributed by atoms with Gasteiger partial charge in [-0.25, -0.2) is 12.7 Å². The number of piperidine rings is 1. The maximum absolute atomic E-state index is 11.8. The van der Waals surface area contributed by atoms with E-state index in [4.69, 9.17) is 4.74 Å². The first-order valence-electron chi connectivity index (χ1n) is 12.9. The zero-order valence-electron chi connectivity index (χ0n) is 20.7. The predicted molar refractivity (Wildman–Crippen MR) is 140 cm³/mol. The molecule has 1 heterocycles. The monoisotopic (exact) mass is 481 g/mol. The molecule has 0 amide bonds. The summed E-state index contributed by atoms with van der Waals surface area (Å²) < 4.78 is 31.4. The molecule has 0 N–H and O–H groups in total. The molecule has 2 atom stereocenters. The fourth-order valence-electron chi connectivity index (χ4n) is 5.21. The van der Waals surface area contributed by atoms with Crippen molar-refractivity contribution in [3.63, 3.8) is 0 Å². The molecule has 0 saturated carbocycles. The van der Waals surface area contributed by atoms with E-state index in [-0.39, 0.29) is 0 Å². The number of unbranched alkanes of at least 4 members (excludes halogenated alkanes) is 1. The molecule has 4 rings (SSSR count). The molecule has 2 aliphatic rings. The summed E-state index contributed by atoms with van der Waals surface area (Å²) in [5.41, 5.74) is 5.31. The summed E-state index contributed by atoms with van der Waals surface area (Å²) in [6.07, 6.45) is 12.0. The molecule has 184 valence electrons. The Balaban J connectivity index is 1.20. The molecule has 2 unspecified atom stereocenters. The highest BCUT2D eigenvalue weighted by atomic mass is 32.2. The first-order chi connectivity index (χ1) is 16.4. The number of hydrogen-bond donors (Lipinski definition) is 0. The molecule has 4 nitrogen and oxygen atoms in total. The zero-order chi connectivity index (χ0) is 24.0. The lowest BCUT2D eigenvalue weighted by Crippen LogP contribution is -2.44. The van der Waals surface area contributed by atoms with Crippen LogP contribution >= 0.6 is 0 Å². The van der Waals surface area contributed by atoms with Gasteiger partial charge in [0.2, 0.25) is 10.0 Å². The Labute approximate surface area is 206 Å². The first kappa shape index (κ1) is 25.0. The van der Waals surface area contributed by atoms with Gasteiger partial charge in [-0.1, -0.05) is 61.9 Å². The molecule has 0 aromatic heterocycles. The minimum Gasteiger partial charge on any atom is -0.498 e. The third kappa shape index (κ3) is 6.73. The maximum Gasteiger partial charge on any atom is 0.211 e. The molecular weight excluding hydrogens is 442 g/mol. The Morgan fingerprint density at radius 2 is 1.53 bits per heavy atom. The molecule has 1 aliphatic heterocycles. The van der Waals surface area contributed by atoms with E-state index in [1.807, 2.05) is 0 Å². The van der Waals surface area contributed by atoms with Gasteiger partial charge in [0.1, 0.15) is 0 Å². The molecule has 34 heavy (non-hydrogen) atoms. The maximum atomic E-state index is 11.8. The molecule has 0 bridgehead atoms. The van der Waals surface area contributed by atoms with Crippen molar-refractivity contribution in [3.8, 4) is 11.1 Å². The summed E-state index contributed by atoms with van der Waals surface area (Å²) in [7, 11) is -3.08. The average molecular weight is 482 g/mol. The van der Waals surface area contributed by atoms with Gasteiger partial charge < -0.3 is 4.74 Å². The normalized spacial score (nSPS) is 21.1. The summed E-state index contributed by atoms with van der Waals surface area (Å²) in [6.45, 7) is 4.27. The van der Waals surface area contributed by atoms with Gasteiger partial charge in [-0.05, 0) is 78.7 Å². The van der Waals surface area contributed by atoms with Crippen LogP contribution in [0.25, 0.3) is 11.1 Å². The van der Waals surface area contributed by atoms with Gasteiger partial charge >= 0.3 is 0 Å². The molecule has 2 aromatic rings. The van der Waals surface area contributed by atoms with E-state index in [1.54, 1.807) is 4.31 Å². The highest BCUT2D eigenvalue weighted by Gasteiger charge is 2.35. The number of fused-ring (bicyclic) bond motifs is 1. The van der Waals surface area contributed by atoms with Gasteiger partial charge in [-0.15, -0.1) is 0 Å². The molecule has 1 aliphatic carbocycles. The largest absolute Gasteiger partial charge is 0.498 e. The number of aryl methyl sites for hydroxylation is 2. The minimum atomic E-state index is -3.08. The third-order valence-electron chi connectivity index (χ3n) is 7.39. The summed E-state index contributed by atoms with van der Waals surface area (Å²) in [4.78, 5) is 0. The van der Waals surface area contributed by atoms with Crippen LogP contribution in [0.5, 0.6) is 0 Å². The van der Waals surface area contributed by atoms with Crippen LogP contribution in [-0.4, -0.2) is 38.7 Å². The fourth-order valence-corrected chi connectivity index (χ4v) is 6.11. The Morgan fingerprint density at radius 3 is 2.12 bits per heavy atom. The molecule has 0 spiro atoms. The third-order valence-corrected chi connectivity index (χ3v) is 8.66. The number of benzene rings is 2.